The number of aliphatic hydroxyl groups excluding tert-OH is 1. The van der Waals surface area contributed by atoms with Crippen molar-refractivity contribution in [3.8, 4) is 17.2 Å². The van der Waals surface area contributed by atoms with Gasteiger partial charge in [-0.2, -0.15) is 0 Å². The van der Waals surface area contributed by atoms with Crippen LogP contribution in [0, 0.1) is 13.8 Å². The average molecular weight is 531 g/mol. The molecule has 0 bridgehead atoms. The smallest absolute Gasteiger partial charge is 0.301 e. The fourth-order valence-electron chi connectivity index (χ4n) is 4.68. The quantitative estimate of drug-likeness (QED) is 0.198. The van der Waals surface area contributed by atoms with E-state index in [4.69, 9.17) is 14.2 Å². The molecule has 0 aliphatic carbocycles. The summed E-state index contributed by atoms with van der Waals surface area (Å²) >= 11 is 1.30. The highest BCUT2D eigenvalue weighted by atomic mass is 32.1. The van der Waals surface area contributed by atoms with E-state index in [2.05, 4.69) is 4.98 Å². The molecule has 1 aromatic heterocycles. The van der Waals surface area contributed by atoms with Gasteiger partial charge in [0.15, 0.2) is 5.13 Å². The second-order valence-corrected chi connectivity index (χ2v) is 9.94. The molecule has 1 N–H and O–H groups in total. The Kier molecular flexibility index (Phi) is 6.54. The maximum atomic E-state index is 13.6. The summed E-state index contributed by atoms with van der Waals surface area (Å²) in [4.78, 5) is 33.2. The number of aryl methyl sites for hydroxylation is 2. The number of ketones is 1. The third-order valence-electron chi connectivity index (χ3n) is 6.58. The Morgan fingerprint density at radius 3 is 2.34 bits per heavy atom. The molecular weight excluding hydrogens is 504 g/mol. The van der Waals surface area contributed by atoms with E-state index in [9.17, 15) is 14.7 Å². The molecular formula is C29H26N2O6S. The van der Waals surface area contributed by atoms with E-state index in [1.54, 1.807) is 43.5 Å². The van der Waals surface area contributed by atoms with Crippen LogP contribution in [0.1, 0.15) is 28.3 Å². The largest absolute Gasteiger partial charge is 0.507 e. The standard InChI is InChI=1S/C29H26N2O6S/c1-15-6-9-20-23(12-15)38-29(30-20)31-25(19-14-18(35-3)8-11-22(19)37-5)24(27(33)28(31)34)26(32)17-7-10-21(36-4)16(2)13-17/h6-14,25,32H,1-5H3. The molecule has 1 atom stereocenters. The van der Waals surface area contributed by atoms with Gasteiger partial charge in [0, 0.05) is 11.1 Å². The molecule has 0 radical (unpaired) electrons. The second-order valence-electron chi connectivity index (χ2n) is 8.93. The van der Waals surface area contributed by atoms with E-state index in [0.717, 1.165) is 15.8 Å². The van der Waals surface area contributed by atoms with Crippen LogP contribution in [-0.2, 0) is 9.59 Å². The fourth-order valence-corrected chi connectivity index (χ4v) is 5.77. The zero-order chi connectivity index (χ0) is 27.1. The van der Waals surface area contributed by atoms with Gasteiger partial charge in [-0.3, -0.25) is 14.5 Å². The molecule has 9 heteroatoms. The zero-order valence-corrected chi connectivity index (χ0v) is 22.4. The van der Waals surface area contributed by atoms with E-state index in [1.165, 1.54) is 30.5 Å². The first kappa shape index (κ1) is 25.3. The summed E-state index contributed by atoms with van der Waals surface area (Å²) in [6, 6.07) is 15.0. The number of thiazole rings is 1. The maximum absolute atomic E-state index is 13.6. The van der Waals surface area contributed by atoms with Crippen molar-refractivity contribution < 1.29 is 28.9 Å². The number of ether oxygens (including phenoxy) is 3. The van der Waals surface area contributed by atoms with Gasteiger partial charge in [0.2, 0.25) is 0 Å². The topological polar surface area (TPSA) is 98.2 Å². The minimum Gasteiger partial charge on any atom is -0.507 e. The van der Waals surface area contributed by atoms with Gasteiger partial charge in [-0.25, -0.2) is 4.98 Å². The Bertz CT molecular complexity index is 1620. The predicted molar refractivity (Wildman–Crippen MR) is 146 cm³/mol. The van der Waals surface area contributed by atoms with Gasteiger partial charge in [0.1, 0.15) is 29.0 Å². The fraction of sp³-hybridized carbons (Fsp3) is 0.207. The second kappa shape index (κ2) is 9.83. The van der Waals surface area contributed by atoms with Crippen LogP contribution < -0.4 is 19.1 Å². The van der Waals surface area contributed by atoms with Crippen molar-refractivity contribution in [2.24, 2.45) is 0 Å². The number of anilines is 1. The number of carbonyl (C=O) groups is 2. The van der Waals surface area contributed by atoms with Crippen molar-refractivity contribution in [3.63, 3.8) is 0 Å². The lowest BCUT2D eigenvalue weighted by molar-refractivity contribution is -0.132. The summed E-state index contributed by atoms with van der Waals surface area (Å²) in [6.07, 6.45) is 0. The third kappa shape index (κ3) is 4.14. The number of Topliss-reactive ketones (excluding diaryl/α,β-unsaturated/α-hetero) is 1. The summed E-state index contributed by atoms with van der Waals surface area (Å²) < 4.78 is 17.3. The summed E-state index contributed by atoms with van der Waals surface area (Å²) in [5.41, 5.74) is 3.32. The Balaban J connectivity index is 1.78. The van der Waals surface area contributed by atoms with Crippen molar-refractivity contribution >= 4 is 44.1 Å². The molecule has 1 fully saturated rings. The highest BCUT2D eigenvalue weighted by molar-refractivity contribution is 7.22. The zero-order valence-electron chi connectivity index (χ0n) is 21.6. The number of nitrogens with zero attached hydrogens (tertiary/aromatic N) is 2. The molecule has 0 spiro atoms. The number of methoxy groups -OCH3 is 3. The highest BCUT2D eigenvalue weighted by Gasteiger charge is 2.49. The van der Waals surface area contributed by atoms with Crippen LogP contribution in [0.5, 0.6) is 17.2 Å². The lowest BCUT2D eigenvalue weighted by Gasteiger charge is -2.25. The maximum Gasteiger partial charge on any atom is 0.301 e. The molecule has 5 rings (SSSR count). The number of benzene rings is 3. The summed E-state index contributed by atoms with van der Waals surface area (Å²) in [5.74, 6) is -0.340. The number of hydrogen-bond donors (Lipinski definition) is 1. The Morgan fingerprint density at radius 2 is 1.66 bits per heavy atom. The molecule has 1 saturated heterocycles. The molecule has 3 aromatic carbocycles. The lowest BCUT2D eigenvalue weighted by Crippen LogP contribution is -2.29. The van der Waals surface area contributed by atoms with Crippen LogP contribution in [0.15, 0.2) is 60.2 Å². The molecule has 4 aromatic rings. The Hall–Kier alpha value is -4.37. The van der Waals surface area contributed by atoms with Gasteiger partial charge in [0.05, 0.1) is 37.1 Å². The molecule has 194 valence electrons. The first-order valence-corrected chi connectivity index (χ1v) is 12.6. The molecule has 38 heavy (non-hydrogen) atoms. The predicted octanol–water partition coefficient (Wildman–Crippen LogP) is 5.57. The lowest BCUT2D eigenvalue weighted by atomic mass is 9.94. The Morgan fingerprint density at radius 1 is 0.921 bits per heavy atom. The minimum absolute atomic E-state index is 0.0680. The van der Waals surface area contributed by atoms with E-state index in [-0.39, 0.29) is 11.3 Å². The van der Waals surface area contributed by atoms with Gasteiger partial charge in [-0.1, -0.05) is 17.4 Å². The summed E-state index contributed by atoms with van der Waals surface area (Å²) in [7, 11) is 4.59. The van der Waals surface area contributed by atoms with E-state index >= 15 is 0 Å². The monoisotopic (exact) mass is 530 g/mol. The average Bonchev–Trinajstić information content (AvgIpc) is 3.45. The molecule has 0 saturated carbocycles. The normalized spacial score (nSPS) is 16.8. The van der Waals surface area contributed by atoms with Gasteiger partial charge < -0.3 is 19.3 Å². The van der Waals surface area contributed by atoms with Crippen LogP contribution in [0.3, 0.4) is 0 Å². The molecule has 2 heterocycles. The molecule has 1 unspecified atom stereocenters. The number of hydrogen-bond acceptors (Lipinski definition) is 8. The van der Waals surface area contributed by atoms with Crippen molar-refractivity contribution in [2.75, 3.05) is 26.2 Å². The summed E-state index contributed by atoms with van der Waals surface area (Å²) in [6.45, 7) is 3.81. The SMILES string of the molecule is COc1ccc(OC)c(C2C(=C(O)c3ccc(OC)c(C)c3)C(=O)C(=O)N2c2nc3ccc(C)cc3s2)c1. The number of rotatable bonds is 6. The van der Waals surface area contributed by atoms with Crippen LogP contribution >= 0.6 is 11.3 Å². The van der Waals surface area contributed by atoms with Crippen LogP contribution in [0.4, 0.5) is 5.13 Å². The molecule has 1 aliphatic rings. The van der Waals surface area contributed by atoms with Gasteiger partial charge >= 0.3 is 5.91 Å². The summed E-state index contributed by atoms with van der Waals surface area (Å²) in [5, 5.41) is 11.8. The molecule has 8 nitrogen and oxygen atoms in total. The first-order chi connectivity index (χ1) is 18.3. The van der Waals surface area contributed by atoms with Crippen molar-refractivity contribution in [2.45, 2.75) is 19.9 Å². The minimum atomic E-state index is -1.01. The van der Waals surface area contributed by atoms with Crippen molar-refractivity contribution in [1.29, 1.82) is 0 Å². The van der Waals surface area contributed by atoms with E-state index in [1.807, 2.05) is 32.0 Å². The van der Waals surface area contributed by atoms with Crippen LogP contribution in [0.25, 0.3) is 16.0 Å². The number of carbonyl (C=O) groups excluding carboxylic acids is 2. The molecule has 1 aliphatic heterocycles. The van der Waals surface area contributed by atoms with Gasteiger partial charge in [-0.05, 0) is 73.5 Å². The molecule has 1 amide bonds. The van der Waals surface area contributed by atoms with Crippen LogP contribution in [-0.4, -0.2) is 43.1 Å². The number of aliphatic hydroxyl groups is 1. The van der Waals surface area contributed by atoms with Crippen molar-refractivity contribution in [1.82, 2.24) is 4.98 Å². The number of aromatic nitrogens is 1. The van der Waals surface area contributed by atoms with Crippen LogP contribution in [0.2, 0.25) is 0 Å². The number of amides is 1. The Labute approximate surface area is 223 Å². The van der Waals surface area contributed by atoms with Gasteiger partial charge in [-0.15, -0.1) is 0 Å². The van der Waals surface area contributed by atoms with Crippen molar-refractivity contribution in [3.05, 3.63) is 82.4 Å². The first-order valence-electron chi connectivity index (χ1n) is 11.8. The van der Waals surface area contributed by atoms with E-state index in [0.29, 0.717) is 39.0 Å². The third-order valence-corrected chi connectivity index (χ3v) is 7.60. The van der Waals surface area contributed by atoms with E-state index < -0.39 is 17.7 Å². The van der Waals surface area contributed by atoms with Gasteiger partial charge in [0.25, 0.3) is 5.78 Å². The number of fused-ring (bicyclic) bond motifs is 1. The highest BCUT2D eigenvalue weighted by Crippen LogP contribution is 2.47.